The fourth-order valence-electron chi connectivity index (χ4n) is 1.63. The summed E-state index contributed by atoms with van der Waals surface area (Å²) in [4.78, 5) is 2.25. The molecule has 0 aromatic rings. The third-order valence-corrected chi connectivity index (χ3v) is 5.09. The van der Waals surface area contributed by atoms with Crippen molar-refractivity contribution < 1.29 is 8.42 Å². The van der Waals surface area contributed by atoms with Crippen LogP contribution in [0.15, 0.2) is 0 Å². The van der Waals surface area contributed by atoms with Crippen molar-refractivity contribution in [2.24, 2.45) is 5.73 Å². The van der Waals surface area contributed by atoms with Crippen molar-refractivity contribution in [3.8, 4) is 0 Å². The van der Waals surface area contributed by atoms with Gasteiger partial charge >= 0.3 is 0 Å². The molecule has 0 aromatic heterocycles. The Morgan fingerprint density at radius 3 is 2.56 bits per heavy atom. The van der Waals surface area contributed by atoms with Gasteiger partial charge in [0.1, 0.15) is 5.25 Å². The molecule has 0 bridgehead atoms. The van der Waals surface area contributed by atoms with Gasteiger partial charge in [-0.1, -0.05) is 12.2 Å². The zero-order chi connectivity index (χ0) is 12.2. The van der Waals surface area contributed by atoms with Crippen LogP contribution < -0.4 is 10.5 Å². The van der Waals surface area contributed by atoms with Crippen molar-refractivity contribution in [2.45, 2.75) is 25.0 Å². The molecule has 1 heterocycles. The second kappa shape index (κ2) is 5.90. The molecule has 0 saturated carbocycles. The summed E-state index contributed by atoms with van der Waals surface area (Å²) < 4.78 is 25.8. The van der Waals surface area contributed by atoms with E-state index in [0.29, 0.717) is 6.54 Å². The van der Waals surface area contributed by atoms with Gasteiger partial charge in [-0.2, -0.15) is 0 Å². The van der Waals surface area contributed by atoms with Gasteiger partial charge in [-0.05, 0) is 32.9 Å². The maximum absolute atomic E-state index is 11.6. The Morgan fingerprint density at radius 2 is 2.06 bits per heavy atom. The molecule has 1 aliphatic rings. The first kappa shape index (κ1) is 13.8. The summed E-state index contributed by atoms with van der Waals surface area (Å²) in [6, 6.07) is 0. The fraction of sp³-hybridized carbons (Fsp3) is 0.889. The highest BCUT2D eigenvalue weighted by Crippen LogP contribution is 2.06. The van der Waals surface area contributed by atoms with Crippen LogP contribution in [-0.2, 0) is 10.0 Å². The Hall–Kier alpha value is -0.240. The molecule has 3 N–H and O–H groups in total. The molecule has 1 aliphatic heterocycles. The van der Waals surface area contributed by atoms with Gasteiger partial charge in [-0.3, -0.25) is 0 Å². The van der Waals surface area contributed by atoms with Crippen molar-refractivity contribution in [2.75, 3.05) is 26.2 Å². The minimum atomic E-state index is -3.39. The summed E-state index contributed by atoms with van der Waals surface area (Å²) in [5, 5.41) is -0.805. The molecule has 7 heteroatoms. The summed E-state index contributed by atoms with van der Waals surface area (Å²) in [6.45, 7) is 4.80. The molecule has 1 saturated heterocycles. The Labute approximate surface area is 102 Å². The number of sulfonamides is 1. The number of nitrogens with two attached hydrogens (primary N) is 1. The van der Waals surface area contributed by atoms with Crippen LogP contribution >= 0.6 is 12.2 Å². The van der Waals surface area contributed by atoms with E-state index in [1.54, 1.807) is 0 Å². The maximum Gasteiger partial charge on any atom is 0.220 e. The van der Waals surface area contributed by atoms with Crippen LogP contribution in [0.3, 0.4) is 0 Å². The average molecular weight is 265 g/mol. The van der Waals surface area contributed by atoms with Gasteiger partial charge in [0, 0.05) is 13.1 Å². The van der Waals surface area contributed by atoms with Gasteiger partial charge in [0.15, 0.2) is 0 Å². The standard InChI is InChI=1S/C9H19N3O2S2/c1-8(9(10)15)16(13,14)11-4-7-12-5-2-3-6-12/h8,11H,2-7H2,1H3,(H2,10,15). The largest absolute Gasteiger partial charge is 0.392 e. The van der Waals surface area contributed by atoms with Crippen LogP contribution in [-0.4, -0.2) is 49.7 Å². The van der Waals surface area contributed by atoms with Gasteiger partial charge < -0.3 is 10.6 Å². The molecule has 1 fully saturated rings. The van der Waals surface area contributed by atoms with E-state index in [1.165, 1.54) is 19.8 Å². The zero-order valence-corrected chi connectivity index (χ0v) is 11.1. The lowest BCUT2D eigenvalue weighted by Gasteiger charge is -2.16. The molecule has 0 radical (unpaired) electrons. The molecule has 1 rings (SSSR count). The van der Waals surface area contributed by atoms with Crippen LogP contribution in [0.5, 0.6) is 0 Å². The molecule has 94 valence electrons. The van der Waals surface area contributed by atoms with Gasteiger partial charge in [0.2, 0.25) is 10.0 Å². The normalized spacial score (nSPS) is 19.8. The molecular weight excluding hydrogens is 246 g/mol. The first-order valence-electron chi connectivity index (χ1n) is 5.43. The van der Waals surface area contributed by atoms with Gasteiger partial charge in [-0.15, -0.1) is 0 Å². The number of hydrogen-bond acceptors (Lipinski definition) is 4. The molecule has 0 amide bonds. The van der Waals surface area contributed by atoms with E-state index in [4.69, 9.17) is 5.73 Å². The summed E-state index contributed by atoms with van der Waals surface area (Å²) in [6.07, 6.45) is 2.41. The topological polar surface area (TPSA) is 75.4 Å². The van der Waals surface area contributed by atoms with E-state index in [-0.39, 0.29) is 4.99 Å². The monoisotopic (exact) mass is 265 g/mol. The Balaban J connectivity index is 2.33. The lowest BCUT2D eigenvalue weighted by Crippen LogP contribution is -2.42. The highest BCUT2D eigenvalue weighted by atomic mass is 32.2. The first-order valence-corrected chi connectivity index (χ1v) is 7.39. The van der Waals surface area contributed by atoms with Crippen molar-refractivity contribution in [1.82, 2.24) is 9.62 Å². The second-order valence-corrected chi connectivity index (χ2v) is 6.59. The van der Waals surface area contributed by atoms with E-state index < -0.39 is 15.3 Å². The van der Waals surface area contributed by atoms with E-state index >= 15 is 0 Å². The minimum Gasteiger partial charge on any atom is -0.392 e. The second-order valence-electron chi connectivity index (χ2n) is 4.03. The third-order valence-electron chi connectivity index (χ3n) is 2.80. The number of rotatable bonds is 6. The predicted molar refractivity (Wildman–Crippen MR) is 68.8 cm³/mol. The lowest BCUT2D eigenvalue weighted by molar-refractivity contribution is 0.344. The Bertz CT molecular complexity index is 337. The van der Waals surface area contributed by atoms with Gasteiger partial charge in [0.25, 0.3) is 0 Å². The summed E-state index contributed by atoms with van der Waals surface area (Å²) >= 11 is 4.67. The zero-order valence-electron chi connectivity index (χ0n) is 9.48. The number of nitrogens with zero attached hydrogens (tertiary/aromatic N) is 1. The van der Waals surface area contributed by atoms with E-state index in [0.717, 1.165) is 19.6 Å². The molecule has 0 spiro atoms. The van der Waals surface area contributed by atoms with Gasteiger partial charge in [0.05, 0.1) is 4.99 Å². The van der Waals surface area contributed by atoms with Crippen LogP contribution in [0.2, 0.25) is 0 Å². The fourth-order valence-corrected chi connectivity index (χ4v) is 2.94. The van der Waals surface area contributed by atoms with E-state index in [1.807, 2.05) is 0 Å². The Kier molecular flexibility index (Phi) is 5.10. The van der Waals surface area contributed by atoms with Crippen LogP contribution in [0.4, 0.5) is 0 Å². The van der Waals surface area contributed by atoms with Crippen molar-refractivity contribution in [3.05, 3.63) is 0 Å². The number of likely N-dealkylation sites (tertiary alicyclic amines) is 1. The van der Waals surface area contributed by atoms with Crippen LogP contribution in [0, 0.1) is 0 Å². The van der Waals surface area contributed by atoms with Crippen molar-refractivity contribution >= 4 is 27.2 Å². The van der Waals surface area contributed by atoms with E-state index in [9.17, 15) is 8.42 Å². The van der Waals surface area contributed by atoms with Gasteiger partial charge in [-0.25, -0.2) is 13.1 Å². The van der Waals surface area contributed by atoms with Crippen molar-refractivity contribution in [1.29, 1.82) is 0 Å². The summed E-state index contributed by atoms with van der Waals surface area (Å²) in [7, 11) is -3.39. The molecule has 1 unspecified atom stereocenters. The smallest absolute Gasteiger partial charge is 0.220 e. The molecule has 0 aromatic carbocycles. The minimum absolute atomic E-state index is 0.00803. The molecular formula is C9H19N3O2S2. The van der Waals surface area contributed by atoms with E-state index in [2.05, 4.69) is 21.8 Å². The van der Waals surface area contributed by atoms with Crippen molar-refractivity contribution in [3.63, 3.8) is 0 Å². The average Bonchev–Trinajstić information content (AvgIpc) is 2.69. The quantitative estimate of drug-likeness (QED) is 0.644. The van der Waals surface area contributed by atoms with Crippen LogP contribution in [0.1, 0.15) is 19.8 Å². The van der Waals surface area contributed by atoms with Crippen LogP contribution in [0.25, 0.3) is 0 Å². The highest BCUT2D eigenvalue weighted by molar-refractivity contribution is 7.93. The third kappa shape index (κ3) is 3.97. The summed E-state index contributed by atoms with van der Waals surface area (Å²) in [5.74, 6) is 0. The predicted octanol–water partition coefficient (Wildman–Crippen LogP) is -0.324. The number of hydrogen-bond donors (Lipinski definition) is 2. The molecule has 16 heavy (non-hydrogen) atoms. The molecule has 0 aliphatic carbocycles. The summed E-state index contributed by atoms with van der Waals surface area (Å²) in [5.41, 5.74) is 5.32. The number of thiocarbonyl (C=S) groups is 1. The number of nitrogens with one attached hydrogen (secondary N) is 1. The molecule has 5 nitrogen and oxygen atoms in total. The highest BCUT2D eigenvalue weighted by Gasteiger charge is 2.22. The SMILES string of the molecule is CC(C(N)=S)S(=O)(=O)NCCN1CCCC1. The maximum atomic E-state index is 11.6. The Morgan fingerprint density at radius 1 is 1.50 bits per heavy atom. The lowest BCUT2D eigenvalue weighted by atomic mass is 10.4. The first-order chi connectivity index (χ1) is 7.43. The molecule has 1 atom stereocenters.